The monoisotopic (exact) mass is 773 g/mol. The fraction of sp³-hybridized carbons (Fsp3) is 0.0714. The molecule has 4 aromatic carbocycles. The minimum Gasteiger partial charge on any atom is -0.436 e. The number of hydrogen-bond donors (Lipinski definition) is 1. The summed E-state index contributed by atoms with van der Waals surface area (Å²) in [6.45, 7) is -0.0800. The van der Waals surface area contributed by atoms with Gasteiger partial charge in [-0.25, -0.2) is 4.98 Å². The second-order valence-corrected chi connectivity index (χ2v) is 11.9. The highest BCUT2D eigenvalue weighted by molar-refractivity contribution is 9.15. The molecular weight excluding hydrogens is 762 g/mol. The molecular formula is C28H15Br4N3O4. The third-order valence-electron chi connectivity index (χ3n) is 6.46. The predicted molar refractivity (Wildman–Crippen MR) is 163 cm³/mol. The zero-order valence-electron chi connectivity index (χ0n) is 19.7. The normalized spacial score (nSPS) is 13.0. The van der Waals surface area contributed by atoms with Crippen molar-refractivity contribution in [3.8, 4) is 11.5 Å². The van der Waals surface area contributed by atoms with Crippen molar-refractivity contribution in [1.82, 2.24) is 9.88 Å². The number of aromatic nitrogens is 1. The Morgan fingerprint density at radius 1 is 0.821 bits per heavy atom. The SMILES string of the molecule is O=C(CCN1C(=O)c2c(Br)c(Br)c(Br)c(Br)c2C1=O)Nc1ccccc1-c1nc2c(ccc3ccccc32)o1. The maximum absolute atomic E-state index is 13.1. The fourth-order valence-corrected chi connectivity index (χ4v) is 7.04. The van der Waals surface area contributed by atoms with Crippen LogP contribution >= 0.6 is 63.7 Å². The predicted octanol–water partition coefficient (Wildman–Crippen LogP) is 8.32. The van der Waals surface area contributed by atoms with Gasteiger partial charge in [-0.15, -0.1) is 0 Å². The highest BCUT2D eigenvalue weighted by Crippen LogP contribution is 2.45. The van der Waals surface area contributed by atoms with Crippen molar-refractivity contribution in [3.05, 3.63) is 89.7 Å². The lowest BCUT2D eigenvalue weighted by molar-refractivity contribution is -0.116. The number of benzene rings is 4. The molecule has 3 amide bonds. The number of halogens is 4. The van der Waals surface area contributed by atoms with Gasteiger partial charge in [0.05, 0.1) is 22.4 Å². The third-order valence-corrected chi connectivity index (χ3v) is 11.2. The van der Waals surface area contributed by atoms with Crippen LogP contribution in [-0.2, 0) is 4.79 Å². The van der Waals surface area contributed by atoms with Crippen LogP contribution in [0.2, 0.25) is 0 Å². The van der Waals surface area contributed by atoms with Crippen molar-refractivity contribution in [1.29, 1.82) is 0 Å². The average molecular weight is 777 g/mol. The molecule has 0 radical (unpaired) electrons. The molecule has 2 heterocycles. The molecule has 0 saturated carbocycles. The molecule has 39 heavy (non-hydrogen) atoms. The first kappa shape index (κ1) is 26.4. The van der Waals surface area contributed by atoms with Crippen LogP contribution in [-0.4, -0.2) is 34.2 Å². The largest absolute Gasteiger partial charge is 0.436 e. The Morgan fingerprint density at radius 3 is 2.18 bits per heavy atom. The van der Waals surface area contributed by atoms with Gasteiger partial charge in [0, 0.05) is 36.2 Å². The van der Waals surface area contributed by atoms with Gasteiger partial charge in [0.2, 0.25) is 11.8 Å². The summed E-state index contributed by atoms with van der Waals surface area (Å²) in [6.07, 6.45) is -0.0877. The maximum atomic E-state index is 13.1. The van der Waals surface area contributed by atoms with Crippen molar-refractivity contribution < 1.29 is 18.8 Å². The highest BCUT2D eigenvalue weighted by Gasteiger charge is 2.41. The quantitative estimate of drug-likeness (QED) is 0.110. The van der Waals surface area contributed by atoms with Crippen molar-refractivity contribution >= 4 is 109 Å². The van der Waals surface area contributed by atoms with Gasteiger partial charge < -0.3 is 9.73 Å². The van der Waals surface area contributed by atoms with Gasteiger partial charge in [-0.2, -0.15) is 0 Å². The Kier molecular flexibility index (Phi) is 6.95. The van der Waals surface area contributed by atoms with Crippen LogP contribution in [0.15, 0.2) is 83.0 Å². The number of para-hydroxylation sites is 1. The lowest BCUT2D eigenvalue weighted by Crippen LogP contribution is -2.33. The van der Waals surface area contributed by atoms with Gasteiger partial charge >= 0.3 is 0 Å². The first-order chi connectivity index (χ1) is 18.8. The number of amides is 3. The van der Waals surface area contributed by atoms with E-state index < -0.39 is 11.8 Å². The van der Waals surface area contributed by atoms with E-state index >= 15 is 0 Å². The molecule has 0 fully saturated rings. The first-order valence-electron chi connectivity index (χ1n) is 11.7. The summed E-state index contributed by atoms with van der Waals surface area (Å²) in [5.74, 6) is -0.921. The van der Waals surface area contributed by atoms with Gasteiger partial charge in [0.1, 0.15) is 5.52 Å². The zero-order valence-corrected chi connectivity index (χ0v) is 26.1. The summed E-state index contributed by atoms with van der Waals surface area (Å²) < 4.78 is 8.21. The molecule has 0 bridgehead atoms. The maximum Gasteiger partial charge on any atom is 0.262 e. The Bertz CT molecular complexity index is 1820. The first-order valence-corrected chi connectivity index (χ1v) is 14.8. The van der Waals surface area contributed by atoms with E-state index in [1.807, 2.05) is 48.5 Å². The van der Waals surface area contributed by atoms with Crippen LogP contribution in [0, 0.1) is 0 Å². The van der Waals surface area contributed by atoms with Crippen molar-refractivity contribution in [2.24, 2.45) is 0 Å². The molecule has 0 aliphatic carbocycles. The molecule has 5 aromatic rings. The van der Waals surface area contributed by atoms with Gasteiger partial charge in [-0.3, -0.25) is 19.3 Å². The lowest BCUT2D eigenvalue weighted by atomic mass is 10.1. The van der Waals surface area contributed by atoms with Gasteiger partial charge in [-0.05, 0) is 87.3 Å². The Hall–Kier alpha value is -2.86. The molecule has 0 unspecified atom stereocenters. The van der Waals surface area contributed by atoms with E-state index in [4.69, 9.17) is 9.40 Å². The van der Waals surface area contributed by atoms with E-state index in [1.165, 1.54) is 0 Å². The van der Waals surface area contributed by atoms with E-state index in [2.05, 4.69) is 69.0 Å². The number of hydrogen-bond acceptors (Lipinski definition) is 5. The highest BCUT2D eigenvalue weighted by atomic mass is 79.9. The van der Waals surface area contributed by atoms with Crippen LogP contribution in [0.1, 0.15) is 27.1 Å². The molecule has 0 saturated heterocycles. The number of nitrogens with zero attached hydrogens (tertiary/aromatic N) is 2. The van der Waals surface area contributed by atoms with Gasteiger partial charge in [-0.1, -0.05) is 42.5 Å². The molecule has 1 aromatic heterocycles. The molecule has 1 aliphatic heterocycles. The summed E-state index contributed by atoms with van der Waals surface area (Å²) in [5.41, 5.74) is 3.01. The van der Waals surface area contributed by atoms with Crippen LogP contribution in [0.3, 0.4) is 0 Å². The van der Waals surface area contributed by atoms with Crippen LogP contribution in [0.4, 0.5) is 5.69 Å². The summed E-state index contributed by atoms with van der Waals surface area (Å²) >= 11 is 13.6. The Labute approximate surface area is 255 Å². The van der Waals surface area contributed by atoms with E-state index in [0.717, 1.165) is 21.2 Å². The minimum absolute atomic E-state index is 0.0800. The molecule has 0 atom stereocenters. The molecule has 11 heteroatoms. The summed E-state index contributed by atoms with van der Waals surface area (Å²) in [4.78, 5) is 45.0. The topological polar surface area (TPSA) is 92.5 Å². The second kappa shape index (κ2) is 10.3. The number of nitrogens with one attached hydrogen (secondary N) is 1. The smallest absolute Gasteiger partial charge is 0.262 e. The van der Waals surface area contributed by atoms with Gasteiger partial charge in [0.25, 0.3) is 11.8 Å². The number of carbonyl (C=O) groups excluding carboxylic acids is 3. The van der Waals surface area contributed by atoms with Crippen LogP contribution in [0.25, 0.3) is 33.3 Å². The van der Waals surface area contributed by atoms with Crippen LogP contribution in [0.5, 0.6) is 0 Å². The number of carbonyl (C=O) groups is 3. The number of rotatable bonds is 5. The number of anilines is 1. The molecule has 6 rings (SSSR count). The number of imide groups is 1. The summed E-state index contributed by atoms with van der Waals surface area (Å²) in [5, 5.41) is 4.92. The fourth-order valence-electron chi connectivity index (χ4n) is 4.58. The minimum atomic E-state index is -0.470. The van der Waals surface area contributed by atoms with Crippen molar-refractivity contribution in [2.75, 3.05) is 11.9 Å². The lowest BCUT2D eigenvalue weighted by Gasteiger charge is -2.14. The van der Waals surface area contributed by atoms with Crippen molar-refractivity contribution in [3.63, 3.8) is 0 Å². The number of oxazole rings is 1. The standard InChI is InChI=1S/C28H15Br4N3O4/c29-21-19-20(22(30)24(32)23(21)31)28(38)35(27(19)37)12-11-18(36)33-16-8-4-3-7-15(16)26-34-25-14-6-2-1-5-13(14)9-10-17(25)39-26/h1-10H,11-12H2,(H,33,36). The molecule has 1 aliphatic rings. The van der Waals surface area contributed by atoms with E-state index in [0.29, 0.717) is 40.6 Å². The second-order valence-electron chi connectivity index (χ2n) is 8.76. The molecule has 1 N–H and O–H groups in total. The molecule has 194 valence electrons. The van der Waals surface area contributed by atoms with Gasteiger partial charge in [0.15, 0.2) is 5.58 Å². The summed E-state index contributed by atoms with van der Waals surface area (Å²) in [6, 6.07) is 19.0. The third kappa shape index (κ3) is 4.45. The van der Waals surface area contributed by atoms with E-state index in [-0.39, 0.29) is 30.0 Å². The van der Waals surface area contributed by atoms with Crippen molar-refractivity contribution in [2.45, 2.75) is 6.42 Å². The molecule has 0 spiro atoms. The van der Waals surface area contributed by atoms with E-state index in [9.17, 15) is 14.4 Å². The summed E-state index contributed by atoms with van der Waals surface area (Å²) in [7, 11) is 0. The number of fused-ring (bicyclic) bond motifs is 4. The Morgan fingerprint density at radius 2 is 1.46 bits per heavy atom. The van der Waals surface area contributed by atoms with Crippen LogP contribution < -0.4 is 5.32 Å². The Balaban J connectivity index is 1.23. The van der Waals surface area contributed by atoms with E-state index in [1.54, 1.807) is 12.1 Å². The average Bonchev–Trinajstić information content (AvgIpc) is 3.48. The zero-order chi connectivity index (χ0) is 27.4. The molecule has 7 nitrogen and oxygen atoms in total.